The third-order valence-corrected chi connectivity index (χ3v) is 4.53. The highest BCUT2D eigenvalue weighted by molar-refractivity contribution is 8.00. The minimum atomic E-state index is -0.287. The highest BCUT2D eigenvalue weighted by Gasteiger charge is 2.17. The zero-order valence-electron chi connectivity index (χ0n) is 15.0. The van der Waals surface area contributed by atoms with Gasteiger partial charge in [0.15, 0.2) is 11.5 Å². The van der Waals surface area contributed by atoms with Crippen molar-refractivity contribution in [2.75, 3.05) is 14.2 Å². The summed E-state index contributed by atoms with van der Waals surface area (Å²) in [6.45, 7) is 4.34. The summed E-state index contributed by atoms with van der Waals surface area (Å²) in [5.74, 6) is 2.08. The first-order valence-corrected chi connectivity index (χ1v) is 9.01. The Bertz CT molecular complexity index is 705. The van der Waals surface area contributed by atoms with Gasteiger partial charge in [0.1, 0.15) is 5.82 Å². The lowest BCUT2D eigenvalue weighted by molar-refractivity contribution is -0.120. The number of carbonyl (C=O) groups excluding carboxylic acids is 1. The van der Waals surface area contributed by atoms with Crippen molar-refractivity contribution in [2.45, 2.75) is 43.6 Å². The Morgan fingerprint density at radius 3 is 2.76 bits per heavy atom. The summed E-state index contributed by atoms with van der Waals surface area (Å²) in [5.41, 5.74) is 0.936. The van der Waals surface area contributed by atoms with Gasteiger partial charge in [0.25, 0.3) is 0 Å². The Morgan fingerprint density at radius 1 is 1.32 bits per heavy atom. The molecule has 2 N–H and O–H groups in total. The molecule has 0 aliphatic carbocycles. The molecule has 25 heavy (non-hydrogen) atoms. The lowest BCUT2D eigenvalue weighted by Crippen LogP contribution is -2.30. The first-order chi connectivity index (χ1) is 12.1. The molecule has 0 aliphatic rings. The molecule has 0 fully saturated rings. The van der Waals surface area contributed by atoms with Gasteiger partial charge in [-0.3, -0.25) is 9.89 Å². The van der Waals surface area contributed by atoms with Crippen LogP contribution in [0.25, 0.3) is 0 Å². The second-order valence-corrected chi connectivity index (χ2v) is 6.79. The normalized spacial score (nSPS) is 11.8. The van der Waals surface area contributed by atoms with Crippen molar-refractivity contribution in [3.05, 3.63) is 29.6 Å². The number of thioether (sulfide) groups is 1. The van der Waals surface area contributed by atoms with Gasteiger partial charge in [0.05, 0.1) is 19.5 Å². The average Bonchev–Trinajstić information content (AvgIpc) is 3.06. The van der Waals surface area contributed by atoms with E-state index in [-0.39, 0.29) is 11.2 Å². The number of aromatic amines is 1. The number of methoxy groups -OCH3 is 2. The van der Waals surface area contributed by atoms with Crippen LogP contribution in [0.1, 0.15) is 31.7 Å². The molecule has 0 saturated heterocycles. The van der Waals surface area contributed by atoms with E-state index in [1.54, 1.807) is 14.2 Å². The van der Waals surface area contributed by atoms with Gasteiger partial charge < -0.3 is 14.8 Å². The van der Waals surface area contributed by atoms with Gasteiger partial charge in [-0.2, -0.15) is 0 Å². The molecule has 2 aromatic rings. The van der Waals surface area contributed by atoms with Crippen molar-refractivity contribution in [2.24, 2.45) is 0 Å². The summed E-state index contributed by atoms with van der Waals surface area (Å²) in [6.07, 6.45) is 1.86. The number of hydrogen-bond donors (Lipinski definition) is 2. The first-order valence-electron chi connectivity index (χ1n) is 8.13. The van der Waals surface area contributed by atoms with Crippen LogP contribution < -0.4 is 14.8 Å². The lowest BCUT2D eigenvalue weighted by Gasteiger charge is -2.12. The van der Waals surface area contributed by atoms with Crippen molar-refractivity contribution in [1.82, 2.24) is 20.5 Å². The summed E-state index contributed by atoms with van der Waals surface area (Å²) >= 11 is 1.34. The second-order valence-electron chi connectivity index (χ2n) is 5.48. The number of ether oxygens (including phenoxy) is 2. The van der Waals surface area contributed by atoms with Crippen LogP contribution in [-0.4, -0.2) is 40.6 Å². The predicted octanol–water partition coefficient (Wildman–Crippen LogP) is 2.57. The molecule has 0 bridgehead atoms. The van der Waals surface area contributed by atoms with Crippen LogP contribution in [0.2, 0.25) is 0 Å². The van der Waals surface area contributed by atoms with Crippen LogP contribution in [-0.2, 0) is 17.8 Å². The molecule has 1 aromatic heterocycles. The largest absolute Gasteiger partial charge is 0.493 e. The van der Waals surface area contributed by atoms with E-state index in [0.717, 1.165) is 24.2 Å². The predicted molar refractivity (Wildman–Crippen MR) is 97.1 cm³/mol. The van der Waals surface area contributed by atoms with Crippen molar-refractivity contribution in [1.29, 1.82) is 0 Å². The van der Waals surface area contributed by atoms with Gasteiger partial charge in [-0.1, -0.05) is 24.8 Å². The summed E-state index contributed by atoms with van der Waals surface area (Å²) in [7, 11) is 3.18. The number of aryl methyl sites for hydroxylation is 1. The Morgan fingerprint density at radius 2 is 2.08 bits per heavy atom. The number of nitrogens with zero attached hydrogens (tertiary/aromatic N) is 2. The standard InChI is InChI=1S/C17H24N4O3S/c1-5-6-15-19-17(21-20-15)25-11(2)16(22)18-10-12-7-8-13(23-3)14(9-12)24-4/h7-9,11H,5-6,10H2,1-4H3,(H,18,22)(H,19,20,21). The molecule has 1 amide bonds. The lowest BCUT2D eigenvalue weighted by atomic mass is 10.2. The second kappa shape index (κ2) is 9.31. The molecule has 1 atom stereocenters. The summed E-state index contributed by atoms with van der Waals surface area (Å²) < 4.78 is 10.5. The number of hydrogen-bond acceptors (Lipinski definition) is 6. The molecule has 0 saturated carbocycles. The van der Waals surface area contributed by atoms with E-state index in [1.165, 1.54) is 11.8 Å². The van der Waals surface area contributed by atoms with E-state index < -0.39 is 0 Å². The van der Waals surface area contributed by atoms with Crippen LogP contribution in [0.3, 0.4) is 0 Å². The molecular weight excluding hydrogens is 340 g/mol. The maximum atomic E-state index is 12.3. The molecule has 1 unspecified atom stereocenters. The van der Waals surface area contributed by atoms with Gasteiger partial charge >= 0.3 is 0 Å². The fraction of sp³-hybridized carbons (Fsp3) is 0.471. The van der Waals surface area contributed by atoms with Crippen molar-refractivity contribution >= 4 is 17.7 Å². The number of aromatic nitrogens is 3. The van der Waals surface area contributed by atoms with Crippen LogP contribution in [0.4, 0.5) is 0 Å². The number of H-pyrrole nitrogens is 1. The van der Waals surface area contributed by atoms with E-state index in [1.807, 2.05) is 25.1 Å². The fourth-order valence-corrected chi connectivity index (χ4v) is 2.98. The number of amides is 1. The van der Waals surface area contributed by atoms with Gasteiger partial charge in [0.2, 0.25) is 11.1 Å². The van der Waals surface area contributed by atoms with Gasteiger partial charge in [-0.15, -0.1) is 5.10 Å². The molecule has 7 nitrogen and oxygen atoms in total. The summed E-state index contributed by atoms with van der Waals surface area (Å²) in [4.78, 5) is 16.6. The minimum Gasteiger partial charge on any atom is -0.493 e. The van der Waals surface area contributed by atoms with Crippen LogP contribution in [0.15, 0.2) is 23.4 Å². The van der Waals surface area contributed by atoms with Crippen molar-refractivity contribution < 1.29 is 14.3 Å². The monoisotopic (exact) mass is 364 g/mol. The van der Waals surface area contributed by atoms with Crippen LogP contribution in [0, 0.1) is 0 Å². The molecule has 0 radical (unpaired) electrons. The van der Waals surface area contributed by atoms with Crippen molar-refractivity contribution in [3.8, 4) is 11.5 Å². The molecular formula is C17H24N4O3S. The maximum Gasteiger partial charge on any atom is 0.233 e. The highest BCUT2D eigenvalue weighted by Crippen LogP contribution is 2.27. The first kappa shape index (κ1) is 19.1. The van der Waals surface area contributed by atoms with Gasteiger partial charge in [-0.25, -0.2) is 4.98 Å². The quantitative estimate of drug-likeness (QED) is 0.665. The molecule has 136 valence electrons. The van der Waals surface area contributed by atoms with E-state index in [2.05, 4.69) is 27.4 Å². The molecule has 0 spiro atoms. The van der Waals surface area contributed by atoms with E-state index >= 15 is 0 Å². The van der Waals surface area contributed by atoms with E-state index in [4.69, 9.17) is 9.47 Å². The average molecular weight is 364 g/mol. The topological polar surface area (TPSA) is 89.1 Å². The van der Waals surface area contributed by atoms with E-state index in [9.17, 15) is 4.79 Å². The van der Waals surface area contributed by atoms with E-state index in [0.29, 0.717) is 23.2 Å². The summed E-state index contributed by atoms with van der Waals surface area (Å²) in [5, 5.41) is 10.3. The SMILES string of the molecule is CCCc1nc(SC(C)C(=O)NCc2ccc(OC)c(OC)c2)n[nH]1. The van der Waals surface area contributed by atoms with Crippen LogP contribution >= 0.6 is 11.8 Å². The smallest absolute Gasteiger partial charge is 0.233 e. The summed E-state index contributed by atoms with van der Waals surface area (Å²) in [6, 6.07) is 5.57. The fourth-order valence-electron chi connectivity index (χ4n) is 2.21. The van der Waals surface area contributed by atoms with Crippen molar-refractivity contribution in [3.63, 3.8) is 0 Å². The Balaban J connectivity index is 1.88. The maximum absolute atomic E-state index is 12.3. The number of nitrogens with one attached hydrogen (secondary N) is 2. The van der Waals surface area contributed by atoms with Gasteiger partial charge in [0, 0.05) is 13.0 Å². The van der Waals surface area contributed by atoms with Crippen LogP contribution in [0.5, 0.6) is 11.5 Å². The number of carbonyl (C=O) groups is 1. The zero-order chi connectivity index (χ0) is 18.2. The highest BCUT2D eigenvalue weighted by atomic mass is 32.2. The molecule has 1 heterocycles. The molecule has 1 aromatic carbocycles. The Labute approximate surface area is 151 Å². The zero-order valence-corrected chi connectivity index (χ0v) is 15.8. The molecule has 8 heteroatoms. The Kier molecular flexibility index (Phi) is 7.12. The molecule has 2 rings (SSSR count). The third kappa shape index (κ3) is 5.38. The van der Waals surface area contributed by atoms with Gasteiger partial charge in [-0.05, 0) is 31.0 Å². The molecule has 0 aliphatic heterocycles. The third-order valence-electron chi connectivity index (χ3n) is 3.56. The minimum absolute atomic E-state index is 0.0679. The Hall–Kier alpha value is -2.22. The number of rotatable bonds is 9. The number of benzene rings is 1.